The van der Waals surface area contributed by atoms with Crippen LogP contribution in [-0.2, 0) is 16.1 Å². The van der Waals surface area contributed by atoms with Crippen LogP contribution in [0.2, 0.25) is 0 Å². The van der Waals surface area contributed by atoms with E-state index in [1.54, 1.807) is 24.3 Å². The molecule has 1 aromatic rings. The van der Waals surface area contributed by atoms with Gasteiger partial charge >= 0.3 is 5.97 Å². The van der Waals surface area contributed by atoms with Gasteiger partial charge in [0.25, 0.3) is 0 Å². The second-order valence-corrected chi connectivity index (χ2v) is 2.64. The first-order valence-electron chi connectivity index (χ1n) is 4.00. The molecule has 0 unspecified atom stereocenters. The largest absolute Gasteiger partial charge is 0.461 e. The van der Waals surface area contributed by atoms with Crippen molar-refractivity contribution in [2.45, 2.75) is 13.5 Å². The molecule has 0 aliphatic carbocycles. The van der Waals surface area contributed by atoms with Crippen LogP contribution in [0.15, 0.2) is 29.4 Å². The summed E-state index contributed by atoms with van der Waals surface area (Å²) in [4.78, 5) is 13.1. The number of carbonyl (C=O) groups excluding carboxylic acids is 1. The zero-order valence-corrected chi connectivity index (χ0v) is 7.67. The number of hydrogen-bond acceptors (Lipinski definition) is 3. The van der Waals surface area contributed by atoms with E-state index < -0.39 is 0 Å². The standard InChI is InChI=1S/C9H9N3O2/c1-7(13)14-6-8-2-4-9(5-3-8)11-12-10/h2-5H,6H2,1H3. The normalized spacial score (nSPS) is 8.93. The maximum atomic E-state index is 10.5. The highest BCUT2D eigenvalue weighted by molar-refractivity contribution is 5.65. The summed E-state index contributed by atoms with van der Waals surface area (Å²) in [5, 5.41) is 3.42. The van der Waals surface area contributed by atoms with E-state index in [0.29, 0.717) is 5.69 Å². The first-order chi connectivity index (χ1) is 6.72. The van der Waals surface area contributed by atoms with Gasteiger partial charge in [0.2, 0.25) is 0 Å². The van der Waals surface area contributed by atoms with Crippen molar-refractivity contribution in [2.75, 3.05) is 0 Å². The lowest BCUT2D eigenvalue weighted by Crippen LogP contribution is -1.98. The molecule has 0 spiro atoms. The predicted octanol–water partition coefficient (Wildman–Crippen LogP) is 2.69. The Morgan fingerprint density at radius 2 is 2.14 bits per heavy atom. The van der Waals surface area contributed by atoms with E-state index in [2.05, 4.69) is 10.0 Å². The third-order valence-electron chi connectivity index (χ3n) is 1.54. The molecule has 72 valence electrons. The van der Waals surface area contributed by atoms with E-state index in [-0.39, 0.29) is 12.6 Å². The second kappa shape index (κ2) is 4.89. The van der Waals surface area contributed by atoms with Gasteiger partial charge in [-0.25, -0.2) is 0 Å². The molecule has 0 N–H and O–H groups in total. The fraction of sp³-hybridized carbons (Fsp3) is 0.222. The van der Waals surface area contributed by atoms with Crippen LogP contribution >= 0.6 is 0 Å². The highest BCUT2D eigenvalue weighted by atomic mass is 16.5. The van der Waals surface area contributed by atoms with Crippen molar-refractivity contribution >= 4 is 11.7 Å². The van der Waals surface area contributed by atoms with Crippen molar-refractivity contribution in [3.63, 3.8) is 0 Å². The highest BCUT2D eigenvalue weighted by Crippen LogP contribution is 2.13. The molecular formula is C9H9N3O2. The van der Waals surface area contributed by atoms with Crippen molar-refractivity contribution in [2.24, 2.45) is 5.11 Å². The van der Waals surface area contributed by atoms with Gasteiger partial charge in [-0.3, -0.25) is 4.79 Å². The highest BCUT2D eigenvalue weighted by Gasteiger charge is 1.95. The number of nitrogens with zero attached hydrogens (tertiary/aromatic N) is 3. The van der Waals surface area contributed by atoms with Crippen LogP contribution < -0.4 is 0 Å². The Morgan fingerprint density at radius 1 is 1.50 bits per heavy atom. The van der Waals surface area contributed by atoms with E-state index in [1.165, 1.54) is 6.92 Å². The minimum atomic E-state index is -0.316. The van der Waals surface area contributed by atoms with Crippen LogP contribution in [0.5, 0.6) is 0 Å². The van der Waals surface area contributed by atoms with Crippen LogP contribution in [-0.4, -0.2) is 5.97 Å². The minimum Gasteiger partial charge on any atom is -0.461 e. The maximum Gasteiger partial charge on any atom is 0.302 e. The monoisotopic (exact) mass is 191 g/mol. The average Bonchev–Trinajstić information content (AvgIpc) is 2.17. The fourth-order valence-corrected chi connectivity index (χ4v) is 0.895. The van der Waals surface area contributed by atoms with Gasteiger partial charge in [0, 0.05) is 17.5 Å². The summed E-state index contributed by atoms with van der Waals surface area (Å²) in [5.41, 5.74) is 9.55. The van der Waals surface area contributed by atoms with Gasteiger partial charge in [-0.05, 0) is 11.1 Å². The molecule has 14 heavy (non-hydrogen) atoms. The Kier molecular flexibility index (Phi) is 3.52. The Bertz CT molecular complexity index is 366. The minimum absolute atomic E-state index is 0.242. The van der Waals surface area contributed by atoms with Crippen LogP contribution in [0.25, 0.3) is 10.4 Å². The molecule has 0 aliphatic rings. The lowest BCUT2D eigenvalue weighted by Gasteiger charge is -2.01. The summed E-state index contributed by atoms with van der Waals surface area (Å²) in [6.07, 6.45) is 0. The van der Waals surface area contributed by atoms with Crippen LogP contribution in [0.4, 0.5) is 5.69 Å². The quantitative estimate of drug-likeness (QED) is 0.319. The third-order valence-corrected chi connectivity index (χ3v) is 1.54. The topological polar surface area (TPSA) is 75.1 Å². The van der Waals surface area contributed by atoms with Crippen LogP contribution in [0.3, 0.4) is 0 Å². The zero-order chi connectivity index (χ0) is 10.4. The summed E-state index contributed by atoms with van der Waals surface area (Å²) in [6, 6.07) is 6.82. The van der Waals surface area contributed by atoms with E-state index in [1.807, 2.05) is 0 Å². The molecule has 0 atom stereocenters. The van der Waals surface area contributed by atoms with Gasteiger partial charge in [0.05, 0.1) is 0 Å². The fourth-order valence-electron chi connectivity index (χ4n) is 0.895. The Balaban J connectivity index is 2.63. The molecule has 0 amide bonds. The van der Waals surface area contributed by atoms with Crippen molar-refractivity contribution in [3.8, 4) is 0 Å². The molecule has 0 saturated carbocycles. The van der Waals surface area contributed by atoms with E-state index in [4.69, 9.17) is 10.3 Å². The van der Waals surface area contributed by atoms with Gasteiger partial charge in [-0.2, -0.15) is 0 Å². The van der Waals surface area contributed by atoms with Gasteiger partial charge in [-0.15, -0.1) is 0 Å². The average molecular weight is 191 g/mol. The summed E-state index contributed by atoms with van der Waals surface area (Å²) in [5.74, 6) is -0.316. The predicted molar refractivity (Wildman–Crippen MR) is 50.7 cm³/mol. The number of carbonyl (C=O) groups is 1. The van der Waals surface area contributed by atoms with Crippen molar-refractivity contribution < 1.29 is 9.53 Å². The molecule has 0 saturated heterocycles. The summed E-state index contributed by atoms with van der Waals surface area (Å²) in [7, 11) is 0. The molecule has 1 rings (SSSR count). The van der Waals surface area contributed by atoms with E-state index in [9.17, 15) is 4.79 Å². The third kappa shape index (κ3) is 3.16. The van der Waals surface area contributed by atoms with Gasteiger partial charge in [0.1, 0.15) is 6.61 Å². The molecule has 5 nitrogen and oxygen atoms in total. The number of esters is 1. The Hall–Kier alpha value is -2.00. The molecule has 0 heterocycles. The lowest BCUT2D eigenvalue weighted by atomic mass is 10.2. The van der Waals surface area contributed by atoms with Gasteiger partial charge in [-0.1, -0.05) is 29.4 Å². The first-order valence-corrected chi connectivity index (χ1v) is 4.00. The zero-order valence-electron chi connectivity index (χ0n) is 7.67. The number of hydrogen-bond donors (Lipinski definition) is 0. The van der Waals surface area contributed by atoms with Gasteiger partial charge < -0.3 is 4.74 Å². The van der Waals surface area contributed by atoms with Crippen LogP contribution in [0, 0.1) is 0 Å². The molecule has 0 aromatic heterocycles. The number of ether oxygens (including phenoxy) is 1. The molecule has 0 bridgehead atoms. The maximum absolute atomic E-state index is 10.5. The van der Waals surface area contributed by atoms with E-state index in [0.717, 1.165) is 5.56 Å². The van der Waals surface area contributed by atoms with Crippen molar-refractivity contribution in [1.82, 2.24) is 0 Å². The smallest absolute Gasteiger partial charge is 0.302 e. The van der Waals surface area contributed by atoms with E-state index >= 15 is 0 Å². The lowest BCUT2D eigenvalue weighted by molar-refractivity contribution is -0.142. The molecule has 0 aliphatic heterocycles. The SMILES string of the molecule is CC(=O)OCc1ccc(N=[N+]=[N-])cc1. The summed E-state index contributed by atoms with van der Waals surface area (Å²) in [6.45, 7) is 1.60. The molecule has 5 heteroatoms. The molecular weight excluding hydrogens is 182 g/mol. The van der Waals surface area contributed by atoms with Crippen molar-refractivity contribution in [1.29, 1.82) is 0 Å². The summed E-state index contributed by atoms with van der Waals surface area (Å²) < 4.78 is 4.79. The van der Waals surface area contributed by atoms with Crippen molar-refractivity contribution in [3.05, 3.63) is 40.3 Å². The Morgan fingerprint density at radius 3 is 2.64 bits per heavy atom. The number of azide groups is 1. The first kappa shape index (κ1) is 10.1. The van der Waals surface area contributed by atoms with Gasteiger partial charge in [0.15, 0.2) is 0 Å². The Labute approximate surface area is 80.9 Å². The number of benzene rings is 1. The second-order valence-electron chi connectivity index (χ2n) is 2.64. The molecule has 0 radical (unpaired) electrons. The molecule has 1 aromatic carbocycles. The number of rotatable bonds is 3. The summed E-state index contributed by atoms with van der Waals surface area (Å²) >= 11 is 0. The van der Waals surface area contributed by atoms with Crippen LogP contribution in [0.1, 0.15) is 12.5 Å². The molecule has 0 fully saturated rings.